The Kier molecular flexibility index (Phi) is 5.92. The molecule has 0 unspecified atom stereocenters. The van der Waals surface area contributed by atoms with Crippen molar-refractivity contribution < 1.29 is 18.7 Å². The minimum atomic E-state index is -0.586. The summed E-state index contributed by atoms with van der Waals surface area (Å²) < 4.78 is 18.9. The third kappa shape index (κ3) is 4.65. The van der Waals surface area contributed by atoms with Crippen molar-refractivity contribution in [3.05, 3.63) is 59.7 Å². The van der Waals surface area contributed by atoms with E-state index in [9.17, 15) is 14.0 Å². The number of benzene rings is 1. The number of aromatic nitrogens is 1. The van der Waals surface area contributed by atoms with E-state index in [-0.39, 0.29) is 24.8 Å². The zero-order valence-electron chi connectivity index (χ0n) is 15.9. The highest BCUT2D eigenvalue weighted by molar-refractivity contribution is 5.93. The fourth-order valence-corrected chi connectivity index (χ4v) is 3.69. The number of pyridine rings is 1. The Morgan fingerprint density at radius 3 is 2.71 bits per heavy atom. The van der Waals surface area contributed by atoms with E-state index in [1.165, 1.54) is 24.3 Å². The number of nitrogens with two attached hydrogens (primary N) is 1. The van der Waals surface area contributed by atoms with Gasteiger partial charge in [-0.1, -0.05) is 6.07 Å². The molecule has 6 nitrogen and oxygen atoms in total. The molecule has 0 radical (unpaired) electrons. The maximum Gasteiger partial charge on any atom is 0.272 e. The summed E-state index contributed by atoms with van der Waals surface area (Å²) >= 11 is 0. The Labute approximate surface area is 163 Å². The zero-order valence-corrected chi connectivity index (χ0v) is 15.9. The van der Waals surface area contributed by atoms with Gasteiger partial charge in [0.2, 0.25) is 5.91 Å². The van der Waals surface area contributed by atoms with Crippen LogP contribution in [0.5, 0.6) is 5.75 Å². The predicted octanol–water partition coefficient (Wildman–Crippen LogP) is 2.71. The Morgan fingerprint density at radius 1 is 1.29 bits per heavy atom. The van der Waals surface area contributed by atoms with Gasteiger partial charge in [-0.25, -0.2) is 4.39 Å². The Bertz CT molecular complexity index is 856. The average molecular weight is 385 g/mol. The van der Waals surface area contributed by atoms with Crippen molar-refractivity contribution in [1.82, 2.24) is 9.88 Å². The Balaban J connectivity index is 1.77. The summed E-state index contributed by atoms with van der Waals surface area (Å²) in [5.41, 5.74) is 6.13. The first-order chi connectivity index (χ1) is 13.4. The molecule has 2 heterocycles. The van der Waals surface area contributed by atoms with Crippen molar-refractivity contribution in [2.75, 3.05) is 19.7 Å². The summed E-state index contributed by atoms with van der Waals surface area (Å²) in [7, 11) is 0. The first kappa shape index (κ1) is 19.8. The number of aryl methyl sites for hydroxylation is 1. The molecule has 1 aliphatic rings. The van der Waals surface area contributed by atoms with Gasteiger partial charge in [-0.3, -0.25) is 14.6 Å². The first-order valence-electron chi connectivity index (χ1n) is 9.26. The van der Waals surface area contributed by atoms with Crippen LogP contribution in [-0.2, 0) is 4.79 Å². The highest BCUT2D eigenvalue weighted by Gasteiger charge is 2.40. The standard InChI is InChI=1S/C21H24FN3O3/c1-15-4-2-10-24-19(15)20(27)25-11-3-9-21(13-25,12-18(23)26)14-28-17-7-5-16(22)6-8-17/h2,4-8,10H,3,9,11-14H2,1H3,(H2,23,26)/t21-/m0/s1. The lowest BCUT2D eigenvalue weighted by atomic mass is 9.77. The van der Waals surface area contributed by atoms with Crippen molar-refractivity contribution >= 4 is 11.8 Å². The third-order valence-electron chi connectivity index (χ3n) is 5.07. The van der Waals surface area contributed by atoms with E-state index in [2.05, 4.69) is 4.98 Å². The number of piperidine rings is 1. The lowest BCUT2D eigenvalue weighted by Gasteiger charge is -2.42. The van der Waals surface area contributed by atoms with Gasteiger partial charge >= 0.3 is 0 Å². The van der Waals surface area contributed by atoms with Crippen molar-refractivity contribution in [3.8, 4) is 5.75 Å². The van der Waals surface area contributed by atoms with Gasteiger partial charge in [0.15, 0.2) is 0 Å². The number of hydrogen-bond acceptors (Lipinski definition) is 4. The number of hydrogen-bond donors (Lipinski definition) is 1. The van der Waals surface area contributed by atoms with E-state index in [0.717, 1.165) is 12.0 Å². The monoisotopic (exact) mass is 385 g/mol. The normalized spacial score (nSPS) is 19.3. The molecule has 0 saturated carbocycles. The van der Waals surface area contributed by atoms with Crippen molar-refractivity contribution in [1.29, 1.82) is 0 Å². The van der Waals surface area contributed by atoms with Crippen LogP contribution in [0.15, 0.2) is 42.6 Å². The molecule has 1 aromatic heterocycles. The number of primary amides is 1. The van der Waals surface area contributed by atoms with E-state index >= 15 is 0 Å². The maximum absolute atomic E-state index is 13.1. The Morgan fingerprint density at radius 2 is 2.04 bits per heavy atom. The molecule has 1 atom stereocenters. The lowest BCUT2D eigenvalue weighted by Crippen LogP contribution is -2.50. The third-order valence-corrected chi connectivity index (χ3v) is 5.07. The number of amides is 2. The van der Waals surface area contributed by atoms with Gasteiger partial charge in [0.1, 0.15) is 17.3 Å². The van der Waals surface area contributed by atoms with Crippen molar-refractivity contribution in [2.24, 2.45) is 11.1 Å². The molecular weight excluding hydrogens is 361 g/mol. The highest BCUT2D eigenvalue weighted by atomic mass is 19.1. The summed E-state index contributed by atoms with van der Waals surface area (Å²) in [6.45, 7) is 3.00. The summed E-state index contributed by atoms with van der Waals surface area (Å²) in [4.78, 5) is 30.6. The summed E-state index contributed by atoms with van der Waals surface area (Å²) in [5.74, 6) is -0.437. The van der Waals surface area contributed by atoms with Crippen LogP contribution in [0.3, 0.4) is 0 Å². The highest BCUT2D eigenvalue weighted by Crippen LogP contribution is 2.35. The molecule has 0 spiro atoms. The molecule has 2 amide bonds. The molecule has 28 heavy (non-hydrogen) atoms. The molecular formula is C21H24FN3O3. The summed E-state index contributed by atoms with van der Waals surface area (Å²) in [6, 6.07) is 9.34. The molecule has 1 aliphatic heterocycles. The summed E-state index contributed by atoms with van der Waals surface area (Å²) in [5, 5.41) is 0. The number of halogens is 1. The second-order valence-corrected chi connectivity index (χ2v) is 7.38. The average Bonchev–Trinajstić information content (AvgIpc) is 2.67. The van der Waals surface area contributed by atoms with Gasteiger partial charge in [0, 0.05) is 31.1 Å². The molecule has 148 valence electrons. The van der Waals surface area contributed by atoms with E-state index < -0.39 is 11.3 Å². The minimum Gasteiger partial charge on any atom is -0.493 e. The maximum atomic E-state index is 13.1. The first-order valence-corrected chi connectivity index (χ1v) is 9.26. The number of carbonyl (C=O) groups excluding carboxylic acids is 2. The fourth-order valence-electron chi connectivity index (χ4n) is 3.69. The van der Waals surface area contributed by atoms with E-state index in [0.29, 0.717) is 31.0 Å². The number of rotatable bonds is 6. The molecule has 1 aromatic carbocycles. The number of carbonyl (C=O) groups is 2. The van der Waals surface area contributed by atoms with Gasteiger partial charge in [0.25, 0.3) is 5.91 Å². The molecule has 3 rings (SSSR count). The number of nitrogens with zero attached hydrogens (tertiary/aromatic N) is 2. The Hall–Kier alpha value is -2.96. The summed E-state index contributed by atoms with van der Waals surface area (Å²) in [6.07, 6.45) is 3.15. The zero-order chi connectivity index (χ0) is 20.1. The largest absolute Gasteiger partial charge is 0.493 e. The van der Waals surface area contributed by atoms with Crippen LogP contribution < -0.4 is 10.5 Å². The van der Waals surface area contributed by atoms with Crippen LogP contribution in [0.25, 0.3) is 0 Å². The topological polar surface area (TPSA) is 85.5 Å². The van der Waals surface area contributed by atoms with Crippen LogP contribution in [0.4, 0.5) is 4.39 Å². The van der Waals surface area contributed by atoms with Gasteiger partial charge in [-0.05, 0) is 55.7 Å². The molecule has 2 N–H and O–H groups in total. The lowest BCUT2D eigenvalue weighted by molar-refractivity contribution is -0.122. The molecule has 7 heteroatoms. The van der Waals surface area contributed by atoms with E-state index in [4.69, 9.17) is 10.5 Å². The van der Waals surface area contributed by atoms with Crippen LogP contribution in [-0.4, -0.2) is 41.4 Å². The van der Waals surface area contributed by atoms with Crippen LogP contribution in [0.2, 0.25) is 0 Å². The molecule has 1 saturated heterocycles. The molecule has 2 aromatic rings. The van der Waals surface area contributed by atoms with Crippen molar-refractivity contribution in [3.63, 3.8) is 0 Å². The van der Waals surface area contributed by atoms with Crippen molar-refractivity contribution in [2.45, 2.75) is 26.2 Å². The van der Waals surface area contributed by atoms with Crippen LogP contribution >= 0.6 is 0 Å². The van der Waals surface area contributed by atoms with Crippen LogP contribution in [0.1, 0.15) is 35.3 Å². The van der Waals surface area contributed by atoms with E-state index in [1.807, 2.05) is 13.0 Å². The number of ether oxygens (including phenoxy) is 1. The molecule has 0 bridgehead atoms. The molecule has 0 aliphatic carbocycles. The van der Waals surface area contributed by atoms with Crippen LogP contribution in [0, 0.1) is 18.2 Å². The predicted molar refractivity (Wildman–Crippen MR) is 102 cm³/mol. The van der Waals surface area contributed by atoms with Gasteiger partial charge in [-0.2, -0.15) is 0 Å². The number of likely N-dealkylation sites (tertiary alicyclic amines) is 1. The molecule has 1 fully saturated rings. The SMILES string of the molecule is Cc1cccnc1C(=O)N1CCC[C@](COc2ccc(F)cc2)(CC(N)=O)C1. The fraction of sp³-hybridized carbons (Fsp3) is 0.381. The van der Waals surface area contributed by atoms with Gasteiger partial charge in [-0.15, -0.1) is 0 Å². The van der Waals surface area contributed by atoms with Gasteiger partial charge < -0.3 is 15.4 Å². The second-order valence-electron chi connectivity index (χ2n) is 7.38. The second kappa shape index (κ2) is 8.37. The minimum absolute atomic E-state index is 0.110. The van der Waals surface area contributed by atoms with Gasteiger partial charge in [0.05, 0.1) is 6.61 Å². The quantitative estimate of drug-likeness (QED) is 0.828. The smallest absolute Gasteiger partial charge is 0.272 e. The van der Waals surface area contributed by atoms with E-state index in [1.54, 1.807) is 17.2 Å².